The molecule has 1 fully saturated rings. The van der Waals surface area contributed by atoms with Crippen LogP contribution in [-0.4, -0.2) is 23.8 Å². The van der Waals surface area contributed by atoms with E-state index in [9.17, 15) is 0 Å². The van der Waals surface area contributed by atoms with E-state index in [4.69, 9.17) is 5.41 Å². The molecule has 0 amide bonds. The SMILES string of the molecule is CC(C)C(=N)N1CCC(C)(C)C1. The van der Waals surface area contributed by atoms with Gasteiger partial charge in [-0.1, -0.05) is 27.7 Å². The molecule has 0 spiro atoms. The minimum atomic E-state index is 0.374. The predicted molar refractivity (Wildman–Crippen MR) is 52.5 cm³/mol. The van der Waals surface area contributed by atoms with Crippen LogP contribution in [0.1, 0.15) is 34.1 Å². The Morgan fingerprint density at radius 3 is 2.33 bits per heavy atom. The van der Waals surface area contributed by atoms with E-state index in [0.717, 1.165) is 18.9 Å². The van der Waals surface area contributed by atoms with Crippen molar-refractivity contribution in [1.29, 1.82) is 5.41 Å². The summed E-state index contributed by atoms with van der Waals surface area (Å²) < 4.78 is 0. The normalized spacial score (nSPS) is 21.9. The van der Waals surface area contributed by atoms with E-state index in [1.807, 2.05) is 0 Å². The Hall–Kier alpha value is -0.530. The van der Waals surface area contributed by atoms with Crippen molar-refractivity contribution in [1.82, 2.24) is 4.90 Å². The van der Waals surface area contributed by atoms with Gasteiger partial charge < -0.3 is 4.90 Å². The van der Waals surface area contributed by atoms with Crippen molar-refractivity contribution in [2.24, 2.45) is 11.3 Å². The molecule has 0 aliphatic carbocycles. The molecular weight excluding hydrogens is 148 g/mol. The van der Waals surface area contributed by atoms with Gasteiger partial charge in [0.2, 0.25) is 0 Å². The molecule has 1 aliphatic heterocycles. The van der Waals surface area contributed by atoms with Gasteiger partial charge in [-0.25, -0.2) is 0 Å². The molecule has 1 aliphatic rings. The second kappa shape index (κ2) is 3.08. The number of hydrogen-bond acceptors (Lipinski definition) is 1. The molecule has 1 N–H and O–H groups in total. The summed E-state index contributed by atoms with van der Waals surface area (Å²) in [5, 5.41) is 7.84. The van der Waals surface area contributed by atoms with E-state index in [2.05, 4.69) is 32.6 Å². The van der Waals surface area contributed by atoms with E-state index >= 15 is 0 Å². The zero-order valence-corrected chi connectivity index (χ0v) is 8.65. The summed E-state index contributed by atoms with van der Waals surface area (Å²) in [5.41, 5.74) is 0.418. The average Bonchev–Trinajstić information content (AvgIpc) is 2.28. The van der Waals surface area contributed by atoms with Crippen LogP contribution in [0.25, 0.3) is 0 Å². The van der Waals surface area contributed by atoms with Gasteiger partial charge in [0, 0.05) is 19.0 Å². The van der Waals surface area contributed by atoms with Gasteiger partial charge >= 0.3 is 0 Å². The van der Waals surface area contributed by atoms with Crippen LogP contribution in [0, 0.1) is 16.7 Å². The summed E-state index contributed by atoms with van der Waals surface area (Å²) in [5.74, 6) is 1.18. The van der Waals surface area contributed by atoms with E-state index in [1.165, 1.54) is 6.42 Å². The lowest BCUT2D eigenvalue weighted by molar-refractivity contribution is 0.368. The van der Waals surface area contributed by atoms with Crippen LogP contribution in [-0.2, 0) is 0 Å². The number of amidine groups is 1. The van der Waals surface area contributed by atoms with Crippen molar-refractivity contribution in [3.05, 3.63) is 0 Å². The summed E-state index contributed by atoms with van der Waals surface area (Å²) in [6.45, 7) is 10.9. The minimum absolute atomic E-state index is 0.374. The molecule has 0 unspecified atom stereocenters. The summed E-state index contributed by atoms with van der Waals surface area (Å²) in [7, 11) is 0. The zero-order chi connectivity index (χ0) is 9.35. The van der Waals surface area contributed by atoms with Crippen LogP contribution in [0.2, 0.25) is 0 Å². The zero-order valence-electron chi connectivity index (χ0n) is 8.65. The summed E-state index contributed by atoms with van der Waals surface area (Å²) in [6, 6.07) is 0. The van der Waals surface area contributed by atoms with Crippen LogP contribution in [0.3, 0.4) is 0 Å². The fourth-order valence-corrected chi connectivity index (χ4v) is 1.68. The molecule has 1 rings (SSSR count). The molecule has 0 bridgehead atoms. The molecule has 70 valence electrons. The maximum absolute atomic E-state index is 7.84. The Labute approximate surface area is 75.5 Å². The van der Waals surface area contributed by atoms with Crippen molar-refractivity contribution in [3.63, 3.8) is 0 Å². The highest BCUT2D eigenvalue weighted by Gasteiger charge is 2.30. The molecular formula is C10H20N2. The molecule has 0 aromatic carbocycles. The van der Waals surface area contributed by atoms with Gasteiger partial charge in [0.25, 0.3) is 0 Å². The smallest absolute Gasteiger partial charge is 0.0984 e. The Morgan fingerprint density at radius 2 is 2.00 bits per heavy atom. The van der Waals surface area contributed by atoms with Crippen molar-refractivity contribution in [2.45, 2.75) is 34.1 Å². The number of rotatable bonds is 1. The van der Waals surface area contributed by atoms with E-state index < -0.39 is 0 Å². The topological polar surface area (TPSA) is 27.1 Å². The van der Waals surface area contributed by atoms with Gasteiger partial charge in [0.15, 0.2) is 0 Å². The van der Waals surface area contributed by atoms with Gasteiger partial charge in [-0.3, -0.25) is 5.41 Å². The van der Waals surface area contributed by atoms with Crippen LogP contribution in [0.5, 0.6) is 0 Å². The second-order valence-electron chi connectivity index (χ2n) is 4.88. The first kappa shape index (κ1) is 9.56. The highest BCUT2D eigenvalue weighted by atomic mass is 15.2. The molecule has 12 heavy (non-hydrogen) atoms. The molecule has 0 radical (unpaired) electrons. The molecule has 2 nitrogen and oxygen atoms in total. The molecule has 0 atom stereocenters. The third kappa shape index (κ3) is 1.99. The molecule has 0 saturated carbocycles. The van der Waals surface area contributed by atoms with Gasteiger partial charge in [0.05, 0.1) is 5.84 Å². The van der Waals surface area contributed by atoms with Crippen LogP contribution < -0.4 is 0 Å². The molecule has 0 aromatic rings. The minimum Gasteiger partial charge on any atom is -0.360 e. The molecule has 2 heteroatoms. The van der Waals surface area contributed by atoms with Gasteiger partial charge in [-0.15, -0.1) is 0 Å². The van der Waals surface area contributed by atoms with E-state index in [-0.39, 0.29) is 0 Å². The first-order valence-corrected chi connectivity index (χ1v) is 4.76. The highest BCUT2D eigenvalue weighted by molar-refractivity contribution is 5.81. The lowest BCUT2D eigenvalue weighted by atomic mass is 9.93. The predicted octanol–water partition coefficient (Wildman–Crippen LogP) is 2.35. The van der Waals surface area contributed by atoms with Crippen LogP contribution >= 0.6 is 0 Å². The van der Waals surface area contributed by atoms with Crippen molar-refractivity contribution >= 4 is 5.84 Å². The number of nitrogens with zero attached hydrogens (tertiary/aromatic N) is 1. The van der Waals surface area contributed by atoms with Crippen molar-refractivity contribution < 1.29 is 0 Å². The monoisotopic (exact) mass is 168 g/mol. The summed E-state index contributed by atoms with van der Waals surface area (Å²) >= 11 is 0. The highest BCUT2D eigenvalue weighted by Crippen LogP contribution is 2.29. The van der Waals surface area contributed by atoms with E-state index in [0.29, 0.717) is 11.3 Å². The van der Waals surface area contributed by atoms with Crippen LogP contribution in [0.4, 0.5) is 0 Å². The molecule has 0 aromatic heterocycles. The first-order chi connectivity index (χ1) is 5.42. The molecule has 1 saturated heterocycles. The number of likely N-dealkylation sites (tertiary alicyclic amines) is 1. The first-order valence-electron chi connectivity index (χ1n) is 4.76. The largest absolute Gasteiger partial charge is 0.360 e. The number of hydrogen-bond donors (Lipinski definition) is 1. The summed E-state index contributed by atoms with van der Waals surface area (Å²) in [4.78, 5) is 2.21. The third-order valence-electron chi connectivity index (χ3n) is 2.56. The molecule has 1 heterocycles. The third-order valence-corrected chi connectivity index (χ3v) is 2.56. The van der Waals surface area contributed by atoms with Gasteiger partial charge in [0.1, 0.15) is 0 Å². The van der Waals surface area contributed by atoms with Crippen LogP contribution in [0.15, 0.2) is 0 Å². The maximum Gasteiger partial charge on any atom is 0.0984 e. The fraction of sp³-hybridized carbons (Fsp3) is 0.900. The fourth-order valence-electron chi connectivity index (χ4n) is 1.68. The Kier molecular flexibility index (Phi) is 2.45. The Morgan fingerprint density at radius 1 is 1.42 bits per heavy atom. The average molecular weight is 168 g/mol. The lowest BCUT2D eigenvalue weighted by Crippen LogP contribution is -2.32. The van der Waals surface area contributed by atoms with Gasteiger partial charge in [-0.05, 0) is 11.8 Å². The summed E-state index contributed by atoms with van der Waals surface area (Å²) in [6.07, 6.45) is 1.22. The quantitative estimate of drug-likeness (QED) is 0.472. The second-order valence-corrected chi connectivity index (χ2v) is 4.88. The van der Waals surface area contributed by atoms with E-state index in [1.54, 1.807) is 0 Å². The van der Waals surface area contributed by atoms with Crippen molar-refractivity contribution in [2.75, 3.05) is 13.1 Å². The van der Waals surface area contributed by atoms with Crippen molar-refractivity contribution in [3.8, 4) is 0 Å². The Bertz CT molecular complexity index is 182. The maximum atomic E-state index is 7.84. The number of nitrogens with one attached hydrogen (secondary N) is 1. The Balaban J connectivity index is 2.53. The van der Waals surface area contributed by atoms with Gasteiger partial charge in [-0.2, -0.15) is 0 Å². The lowest BCUT2D eigenvalue weighted by Gasteiger charge is -2.23. The standard InChI is InChI=1S/C10H20N2/c1-8(2)9(11)12-6-5-10(3,4)7-12/h8,11H,5-7H2,1-4H3.